The van der Waals surface area contributed by atoms with E-state index in [2.05, 4.69) is 17.1 Å². The van der Waals surface area contributed by atoms with E-state index in [4.69, 9.17) is 9.47 Å². The molecular weight excluding hydrogens is 271 g/mol. The molecule has 1 aromatic rings. The lowest BCUT2D eigenvalue weighted by molar-refractivity contribution is -0.0464. The maximum absolute atomic E-state index is 14.0. The lowest BCUT2D eigenvalue weighted by atomic mass is 10.1. The van der Waals surface area contributed by atoms with Crippen LogP contribution in [0.15, 0.2) is 18.2 Å². The van der Waals surface area contributed by atoms with E-state index >= 15 is 0 Å². The van der Waals surface area contributed by atoms with Gasteiger partial charge in [-0.3, -0.25) is 4.90 Å². The molecule has 2 unspecified atom stereocenters. The van der Waals surface area contributed by atoms with Gasteiger partial charge in [-0.05, 0) is 26.6 Å². The Kier molecular flexibility index (Phi) is 5.96. The first-order valence-corrected chi connectivity index (χ1v) is 7.57. The third-order valence-corrected chi connectivity index (χ3v) is 3.98. The monoisotopic (exact) mass is 296 g/mol. The molecule has 0 bridgehead atoms. The molecule has 4 nitrogen and oxygen atoms in total. The SMILES string of the molecule is CCN1CCOC(COc2ccc(C(C)NC)c(F)c2)C1. The minimum atomic E-state index is -0.242. The van der Waals surface area contributed by atoms with Gasteiger partial charge in [0.1, 0.15) is 24.3 Å². The molecule has 1 N–H and O–H groups in total. The predicted molar refractivity (Wildman–Crippen MR) is 81.2 cm³/mol. The van der Waals surface area contributed by atoms with E-state index in [-0.39, 0.29) is 18.0 Å². The van der Waals surface area contributed by atoms with Crippen LogP contribution in [0, 0.1) is 5.82 Å². The molecule has 1 saturated heterocycles. The van der Waals surface area contributed by atoms with Gasteiger partial charge in [-0.15, -0.1) is 0 Å². The fraction of sp³-hybridized carbons (Fsp3) is 0.625. The number of ether oxygens (including phenoxy) is 2. The quantitative estimate of drug-likeness (QED) is 0.872. The Morgan fingerprint density at radius 1 is 1.52 bits per heavy atom. The van der Waals surface area contributed by atoms with Gasteiger partial charge in [-0.1, -0.05) is 13.0 Å². The van der Waals surface area contributed by atoms with Crippen molar-refractivity contribution in [1.29, 1.82) is 0 Å². The summed E-state index contributed by atoms with van der Waals surface area (Å²) in [6.07, 6.45) is 0.0534. The molecule has 0 amide bonds. The van der Waals surface area contributed by atoms with E-state index in [0.717, 1.165) is 26.2 Å². The van der Waals surface area contributed by atoms with Crippen LogP contribution in [0.1, 0.15) is 25.5 Å². The molecule has 0 saturated carbocycles. The molecule has 1 heterocycles. The van der Waals surface area contributed by atoms with Gasteiger partial charge in [0.15, 0.2) is 0 Å². The van der Waals surface area contributed by atoms with E-state index < -0.39 is 0 Å². The number of nitrogens with zero attached hydrogens (tertiary/aromatic N) is 1. The second kappa shape index (κ2) is 7.73. The van der Waals surface area contributed by atoms with E-state index in [1.807, 2.05) is 20.0 Å². The van der Waals surface area contributed by atoms with Crippen molar-refractivity contribution in [2.45, 2.75) is 26.0 Å². The standard InChI is InChI=1S/C16H25FN2O2/c1-4-19-7-8-20-14(10-19)11-21-13-5-6-15(12(2)18-3)16(17)9-13/h5-6,9,12,14,18H,4,7-8,10-11H2,1-3H3. The van der Waals surface area contributed by atoms with Crippen molar-refractivity contribution in [3.63, 3.8) is 0 Å². The van der Waals surface area contributed by atoms with Gasteiger partial charge in [0.25, 0.3) is 0 Å². The first kappa shape index (κ1) is 16.2. The number of likely N-dealkylation sites (N-methyl/N-ethyl adjacent to an activating group) is 1. The Morgan fingerprint density at radius 2 is 2.33 bits per heavy atom. The van der Waals surface area contributed by atoms with Crippen LogP contribution in [0.25, 0.3) is 0 Å². The highest BCUT2D eigenvalue weighted by Crippen LogP contribution is 2.22. The Hall–Kier alpha value is -1.17. The second-order valence-electron chi connectivity index (χ2n) is 5.39. The summed E-state index contributed by atoms with van der Waals surface area (Å²) in [4.78, 5) is 2.33. The minimum Gasteiger partial charge on any atom is -0.491 e. The molecule has 21 heavy (non-hydrogen) atoms. The van der Waals surface area contributed by atoms with Gasteiger partial charge in [0.05, 0.1) is 6.61 Å². The number of rotatable bonds is 6. The van der Waals surface area contributed by atoms with Crippen LogP contribution in [0.2, 0.25) is 0 Å². The largest absolute Gasteiger partial charge is 0.491 e. The number of nitrogens with one attached hydrogen (secondary N) is 1. The maximum Gasteiger partial charge on any atom is 0.131 e. The third-order valence-electron chi connectivity index (χ3n) is 3.98. The average molecular weight is 296 g/mol. The Labute approximate surface area is 126 Å². The van der Waals surface area contributed by atoms with Gasteiger partial charge in [-0.2, -0.15) is 0 Å². The molecular formula is C16H25FN2O2. The lowest BCUT2D eigenvalue weighted by Gasteiger charge is -2.31. The third kappa shape index (κ3) is 4.40. The molecule has 2 atom stereocenters. The molecule has 1 aromatic carbocycles. The summed E-state index contributed by atoms with van der Waals surface area (Å²) < 4.78 is 25.4. The van der Waals surface area contributed by atoms with Crippen LogP contribution in [-0.2, 0) is 4.74 Å². The normalized spacial score (nSPS) is 21.2. The van der Waals surface area contributed by atoms with Crippen LogP contribution in [0.5, 0.6) is 5.75 Å². The number of benzene rings is 1. The molecule has 0 spiro atoms. The van der Waals surface area contributed by atoms with E-state index in [1.54, 1.807) is 6.07 Å². The molecule has 1 fully saturated rings. The van der Waals surface area contributed by atoms with Crippen LogP contribution in [0.4, 0.5) is 4.39 Å². The molecule has 0 aromatic heterocycles. The Morgan fingerprint density at radius 3 is 3.00 bits per heavy atom. The molecule has 1 aliphatic rings. The first-order chi connectivity index (χ1) is 10.1. The zero-order chi connectivity index (χ0) is 15.2. The van der Waals surface area contributed by atoms with Crippen molar-refractivity contribution in [2.75, 3.05) is 39.9 Å². The van der Waals surface area contributed by atoms with E-state index in [1.165, 1.54) is 6.07 Å². The van der Waals surface area contributed by atoms with Crippen LogP contribution in [-0.4, -0.2) is 50.9 Å². The van der Waals surface area contributed by atoms with Crippen molar-refractivity contribution >= 4 is 0 Å². The fourth-order valence-corrected chi connectivity index (χ4v) is 2.46. The van der Waals surface area contributed by atoms with Crippen LogP contribution in [0.3, 0.4) is 0 Å². The van der Waals surface area contributed by atoms with Gasteiger partial charge in [0.2, 0.25) is 0 Å². The van der Waals surface area contributed by atoms with Crippen molar-refractivity contribution in [3.8, 4) is 5.75 Å². The summed E-state index contributed by atoms with van der Waals surface area (Å²) in [6, 6.07) is 5.01. The molecule has 1 aliphatic heterocycles. The Balaban J connectivity index is 1.90. The van der Waals surface area contributed by atoms with Crippen molar-refractivity contribution < 1.29 is 13.9 Å². The van der Waals surface area contributed by atoms with Gasteiger partial charge < -0.3 is 14.8 Å². The summed E-state index contributed by atoms with van der Waals surface area (Å²) in [5.74, 6) is 0.311. The average Bonchev–Trinajstić information content (AvgIpc) is 2.52. The highest BCUT2D eigenvalue weighted by molar-refractivity contribution is 5.30. The molecule has 0 aliphatic carbocycles. The van der Waals surface area contributed by atoms with Gasteiger partial charge in [-0.25, -0.2) is 4.39 Å². The number of halogens is 1. The highest BCUT2D eigenvalue weighted by atomic mass is 19.1. The van der Waals surface area contributed by atoms with Crippen LogP contribution >= 0.6 is 0 Å². The topological polar surface area (TPSA) is 33.7 Å². The predicted octanol–water partition coefficient (Wildman–Crippen LogP) is 2.21. The summed E-state index contributed by atoms with van der Waals surface area (Å²) in [6.45, 7) is 8.11. The summed E-state index contributed by atoms with van der Waals surface area (Å²) in [7, 11) is 1.81. The number of hydrogen-bond donors (Lipinski definition) is 1. The second-order valence-corrected chi connectivity index (χ2v) is 5.39. The van der Waals surface area contributed by atoms with Crippen molar-refractivity contribution in [3.05, 3.63) is 29.6 Å². The zero-order valence-electron chi connectivity index (χ0n) is 13.1. The summed E-state index contributed by atoms with van der Waals surface area (Å²) in [5, 5.41) is 3.03. The van der Waals surface area contributed by atoms with E-state index in [9.17, 15) is 4.39 Å². The maximum atomic E-state index is 14.0. The molecule has 5 heteroatoms. The van der Waals surface area contributed by atoms with Gasteiger partial charge in [0, 0.05) is 30.8 Å². The summed E-state index contributed by atoms with van der Waals surface area (Å²) >= 11 is 0. The fourth-order valence-electron chi connectivity index (χ4n) is 2.46. The number of hydrogen-bond acceptors (Lipinski definition) is 4. The van der Waals surface area contributed by atoms with E-state index in [0.29, 0.717) is 17.9 Å². The first-order valence-electron chi connectivity index (χ1n) is 7.57. The molecule has 118 valence electrons. The summed E-state index contributed by atoms with van der Waals surface area (Å²) in [5.41, 5.74) is 0.649. The zero-order valence-corrected chi connectivity index (χ0v) is 13.1. The smallest absolute Gasteiger partial charge is 0.131 e. The molecule has 2 rings (SSSR count). The van der Waals surface area contributed by atoms with Crippen molar-refractivity contribution in [2.24, 2.45) is 0 Å². The minimum absolute atomic E-state index is 0.0150. The van der Waals surface area contributed by atoms with Crippen molar-refractivity contribution in [1.82, 2.24) is 10.2 Å². The lowest BCUT2D eigenvalue weighted by Crippen LogP contribution is -2.44. The molecule has 0 radical (unpaired) electrons. The number of morpholine rings is 1. The Bertz CT molecular complexity index is 456. The highest BCUT2D eigenvalue weighted by Gasteiger charge is 2.20. The van der Waals surface area contributed by atoms with Gasteiger partial charge >= 0.3 is 0 Å². The van der Waals surface area contributed by atoms with Crippen LogP contribution < -0.4 is 10.1 Å².